The lowest BCUT2D eigenvalue weighted by atomic mass is 9.73. The van der Waals surface area contributed by atoms with Crippen molar-refractivity contribution in [3.8, 4) is 0 Å². The molecule has 0 aliphatic heterocycles. The van der Waals surface area contributed by atoms with Gasteiger partial charge in [0.15, 0.2) is 0 Å². The molecule has 3 nitrogen and oxygen atoms in total. The molecule has 26 heavy (non-hydrogen) atoms. The average Bonchev–Trinajstić information content (AvgIpc) is 2.65. The van der Waals surface area contributed by atoms with Crippen molar-refractivity contribution in [3.05, 3.63) is 66.0 Å². The van der Waals surface area contributed by atoms with Gasteiger partial charge in [0.2, 0.25) is 0 Å². The van der Waals surface area contributed by atoms with Gasteiger partial charge in [-0.3, -0.25) is 4.79 Å². The molecule has 0 atom stereocenters. The van der Waals surface area contributed by atoms with Crippen LogP contribution in [0.5, 0.6) is 0 Å². The van der Waals surface area contributed by atoms with Crippen LogP contribution in [0.4, 0.5) is 18.9 Å². The fraction of sp³-hybridized carbons (Fsp3) is 0.350. The highest BCUT2D eigenvalue weighted by molar-refractivity contribution is 5.97. The van der Waals surface area contributed by atoms with Gasteiger partial charge in [0.25, 0.3) is 5.91 Å². The molecule has 6 heteroatoms. The Morgan fingerprint density at radius 2 is 1.62 bits per heavy atom. The van der Waals surface area contributed by atoms with Crippen LogP contribution in [0.15, 0.2) is 54.6 Å². The summed E-state index contributed by atoms with van der Waals surface area (Å²) in [4.78, 5) is 12.1. The van der Waals surface area contributed by atoms with E-state index in [0.717, 1.165) is 17.7 Å². The van der Waals surface area contributed by atoms with Crippen LogP contribution in [0.3, 0.4) is 0 Å². The summed E-state index contributed by atoms with van der Waals surface area (Å²) in [5.74, 6) is -5.96. The summed E-state index contributed by atoms with van der Waals surface area (Å²) in [6.07, 6.45) is 0.409. The van der Waals surface area contributed by atoms with Gasteiger partial charge in [-0.25, -0.2) is 4.39 Å². The van der Waals surface area contributed by atoms with E-state index in [9.17, 15) is 23.1 Å². The fourth-order valence-corrected chi connectivity index (χ4v) is 3.42. The number of nitrogens with one attached hydrogen (secondary N) is 1. The van der Waals surface area contributed by atoms with Crippen molar-refractivity contribution in [1.29, 1.82) is 0 Å². The monoisotopic (exact) mass is 363 g/mol. The molecule has 1 amide bonds. The van der Waals surface area contributed by atoms with Crippen LogP contribution < -0.4 is 5.32 Å². The van der Waals surface area contributed by atoms with E-state index in [0.29, 0.717) is 12.8 Å². The summed E-state index contributed by atoms with van der Waals surface area (Å²) in [5, 5.41) is 12.5. The number of hydrogen-bond acceptors (Lipinski definition) is 2. The highest BCUT2D eigenvalue weighted by atomic mass is 19.3. The van der Waals surface area contributed by atoms with Crippen molar-refractivity contribution < 1.29 is 23.1 Å². The number of alkyl halides is 2. The molecule has 0 unspecified atom stereocenters. The Morgan fingerprint density at radius 1 is 1.04 bits per heavy atom. The van der Waals surface area contributed by atoms with Crippen LogP contribution in [0, 0.1) is 5.82 Å². The van der Waals surface area contributed by atoms with E-state index >= 15 is 0 Å². The van der Waals surface area contributed by atoms with E-state index in [1.54, 1.807) is 0 Å². The maximum absolute atomic E-state index is 14.6. The lowest BCUT2D eigenvalue weighted by Gasteiger charge is -2.40. The predicted molar refractivity (Wildman–Crippen MR) is 92.6 cm³/mol. The van der Waals surface area contributed by atoms with E-state index in [4.69, 9.17) is 0 Å². The van der Waals surface area contributed by atoms with Gasteiger partial charge in [0.05, 0.1) is 0 Å². The Labute approximate surface area is 149 Å². The van der Waals surface area contributed by atoms with Gasteiger partial charge in [-0.2, -0.15) is 8.78 Å². The molecule has 2 aromatic carbocycles. The predicted octanol–water partition coefficient (Wildman–Crippen LogP) is 4.49. The molecule has 0 heterocycles. The van der Waals surface area contributed by atoms with Gasteiger partial charge in [-0.1, -0.05) is 30.3 Å². The standard InChI is InChI=1S/C20H20F3NO2/c21-16-6-8-17(9-7-16)24-18(25)20(22,23)19(26)12-10-15(11-13-19)14-4-2-1-3-5-14/h1-9,15,26H,10-13H2,(H,24,25)/t15-,19-. The Hall–Kier alpha value is -2.34. The third-order valence-corrected chi connectivity index (χ3v) is 5.06. The minimum absolute atomic E-state index is 0.0534. The van der Waals surface area contributed by atoms with Gasteiger partial charge < -0.3 is 10.4 Å². The number of anilines is 1. The minimum atomic E-state index is -3.94. The molecule has 1 aliphatic carbocycles. The summed E-state index contributed by atoms with van der Waals surface area (Å²) >= 11 is 0. The zero-order valence-electron chi connectivity index (χ0n) is 14.1. The van der Waals surface area contributed by atoms with Crippen molar-refractivity contribution in [3.63, 3.8) is 0 Å². The molecule has 0 saturated heterocycles. The second-order valence-corrected chi connectivity index (χ2v) is 6.75. The molecule has 2 aromatic rings. The first-order valence-electron chi connectivity index (χ1n) is 8.54. The molecule has 0 aromatic heterocycles. The molecule has 0 spiro atoms. The molecule has 1 fully saturated rings. The Kier molecular flexibility index (Phi) is 5.05. The molecule has 0 bridgehead atoms. The number of rotatable bonds is 4. The van der Waals surface area contributed by atoms with Gasteiger partial charge >= 0.3 is 5.92 Å². The highest BCUT2D eigenvalue weighted by Crippen LogP contribution is 2.45. The Bertz CT molecular complexity index is 754. The summed E-state index contributed by atoms with van der Waals surface area (Å²) in [6, 6.07) is 14.1. The van der Waals surface area contributed by atoms with Crippen LogP contribution in [0.25, 0.3) is 0 Å². The summed E-state index contributed by atoms with van der Waals surface area (Å²) in [5.41, 5.74) is -1.28. The molecular weight excluding hydrogens is 343 g/mol. The first-order valence-corrected chi connectivity index (χ1v) is 8.54. The molecule has 1 saturated carbocycles. The highest BCUT2D eigenvalue weighted by Gasteiger charge is 2.59. The molecule has 0 radical (unpaired) electrons. The van der Waals surface area contributed by atoms with Crippen molar-refractivity contribution in [2.75, 3.05) is 5.32 Å². The largest absolute Gasteiger partial charge is 0.383 e. The van der Waals surface area contributed by atoms with Gasteiger partial charge in [-0.15, -0.1) is 0 Å². The van der Waals surface area contributed by atoms with Crippen molar-refractivity contribution in [2.45, 2.75) is 43.1 Å². The van der Waals surface area contributed by atoms with Crippen LogP contribution in [-0.4, -0.2) is 22.5 Å². The van der Waals surface area contributed by atoms with Crippen LogP contribution in [0.1, 0.15) is 37.2 Å². The second-order valence-electron chi connectivity index (χ2n) is 6.75. The molecule has 1 aliphatic rings. The summed E-state index contributed by atoms with van der Waals surface area (Å²) in [7, 11) is 0. The lowest BCUT2D eigenvalue weighted by molar-refractivity contribution is -0.197. The van der Waals surface area contributed by atoms with E-state index < -0.39 is 23.2 Å². The first-order chi connectivity index (χ1) is 12.3. The third kappa shape index (κ3) is 3.60. The quantitative estimate of drug-likeness (QED) is 0.841. The van der Waals surface area contributed by atoms with Gasteiger partial charge in [0.1, 0.15) is 11.4 Å². The fourth-order valence-electron chi connectivity index (χ4n) is 3.42. The van der Waals surface area contributed by atoms with E-state index in [2.05, 4.69) is 5.32 Å². The zero-order valence-corrected chi connectivity index (χ0v) is 14.1. The van der Waals surface area contributed by atoms with Crippen LogP contribution in [0.2, 0.25) is 0 Å². The Balaban J connectivity index is 1.68. The van der Waals surface area contributed by atoms with Crippen molar-refractivity contribution >= 4 is 11.6 Å². The lowest BCUT2D eigenvalue weighted by Crippen LogP contribution is -2.56. The number of carbonyl (C=O) groups is 1. The summed E-state index contributed by atoms with van der Waals surface area (Å²) < 4.78 is 42.2. The second kappa shape index (κ2) is 7.11. The topological polar surface area (TPSA) is 49.3 Å². The molecular formula is C20H20F3NO2. The number of hydrogen-bond donors (Lipinski definition) is 2. The number of carbonyl (C=O) groups excluding carboxylic acids is 1. The maximum Gasteiger partial charge on any atom is 0.352 e. The number of benzene rings is 2. The van der Waals surface area contributed by atoms with E-state index in [1.807, 2.05) is 30.3 Å². The Morgan fingerprint density at radius 3 is 2.19 bits per heavy atom. The number of halogens is 3. The number of aliphatic hydroxyl groups is 1. The molecule has 138 valence electrons. The maximum atomic E-state index is 14.6. The van der Waals surface area contributed by atoms with E-state index in [-0.39, 0.29) is 24.4 Å². The van der Waals surface area contributed by atoms with Gasteiger partial charge in [0, 0.05) is 5.69 Å². The third-order valence-electron chi connectivity index (χ3n) is 5.06. The average molecular weight is 363 g/mol. The molecule has 3 rings (SSSR count). The van der Waals surface area contributed by atoms with E-state index in [1.165, 1.54) is 12.1 Å². The smallest absolute Gasteiger partial charge is 0.352 e. The normalized spacial score (nSPS) is 23.5. The van der Waals surface area contributed by atoms with Crippen molar-refractivity contribution in [2.24, 2.45) is 0 Å². The van der Waals surface area contributed by atoms with Crippen molar-refractivity contribution in [1.82, 2.24) is 0 Å². The summed E-state index contributed by atoms with van der Waals surface area (Å²) in [6.45, 7) is 0. The molecule has 2 N–H and O–H groups in total. The first kappa shape index (κ1) is 18.5. The zero-order chi connectivity index (χ0) is 18.8. The number of amides is 1. The SMILES string of the molecule is O=C(Nc1ccc(F)cc1)C(F)(F)[C@]1(O)CC[C@H](c2ccccc2)CC1. The minimum Gasteiger partial charge on any atom is -0.383 e. The van der Waals surface area contributed by atoms with Gasteiger partial charge in [-0.05, 0) is 61.4 Å². The van der Waals surface area contributed by atoms with Crippen LogP contribution in [-0.2, 0) is 4.79 Å². The van der Waals surface area contributed by atoms with Crippen LogP contribution >= 0.6 is 0 Å².